The van der Waals surface area contributed by atoms with Gasteiger partial charge in [-0.1, -0.05) is 13.8 Å². The quantitative estimate of drug-likeness (QED) is 0.745. The summed E-state index contributed by atoms with van der Waals surface area (Å²) < 4.78 is 0. The van der Waals surface area contributed by atoms with Gasteiger partial charge in [-0.25, -0.2) is 0 Å². The van der Waals surface area contributed by atoms with Gasteiger partial charge in [0, 0.05) is 30.6 Å². The van der Waals surface area contributed by atoms with E-state index in [-0.39, 0.29) is 0 Å². The van der Waals surface area contributed by atoms with Crippen molar-refractivity contribution in [3.8, 4) is 0 Å². The van der Waals surface area contributed by atoms with Crippen molar-refractivity contribution in [2.24, 2.45) is 11.8 Å². The van der Waals surface area contributed by atoms with Crippen molar-refractivity contribution in [2.45, 2.75) is 19.1 Å². The van der Waals surface area contributed by atoms with E-state index in [4.69, 9.17) is 0 Å². The lowest BCUT2D eigenvalue weighted by Gasteiger charge is -2.33. The highest BCUT2D eigenvalue weighted by Gasteiger charge is 2.26. The maximum Gasteiger partial charge on any atom is 0.0147 e. The fourth-order valence-corrected chi connectivity index (χ4v) is 3.58. The molecule has 2 fully saturated rings. The molecular weight excluding hydrogens is 192 g/mol. The molecule has 2 aliphatic rings. The molecule has 3 heteroatoms. The molecule has 82 valence electrons. The molecule has 1 unspecified atom stereocenters. The highest BCUT2D eigenvalue weighted by Crippen LogP contribution is 2.22. The predicted octanol–water partition coefficient (Wildman–Crippen LogP) is 1.28. The Bertz CT molecular complexity index is 186. The van der Waals surface area contributed by atoms with Gasteiger partial charge in [0.15, 0.2) is 0 Å². The molecule has 0 aliphatic carbocycles. The lowest BCUT2D eigenvalue weighted by atomic mass is 9.97. The van der Waals surface area contributed by atoms with Crippen LogP contribution >= 0.6 is 11.8 Å². The number of nitrogens with one attached hydrogen (secondary N) is 1. The second-order valence-corrected chi connectivity index (χ2v) is 6.38. The van der Waals surface area contributed by atoms with E-state index in [1.54, 1.807) is 0 Å². The van der Waals surface area contributed by atoms with Crippen LogP contribution in [0.25, 0.3) is 0 Å². The normalized spacial score (nSPS) is 40.3. The fourth-order valence-electron chi connectivity index (χ4n) is 2.50. The summed E-state index contributed by atoms with van der Waals surface area (Å²) in [5.74, 6) is 3.10. The molecule has 2 rings (SSSR count). The van der Waals surface area contributed by atoms with Crippen LogP contribution in [0.15, 0.2) is 0 Å². The summed E-state index contributed by atoms with van der Waals surface area (Å²) in [6.45, 7) is 11.1. The number of thioether (sulfide) groups is 1. The zero-order chi connectivity index (χ0) is 9.97. The summed E-state index contributed by atoms with van der Waals surface area (Å²) in [5.41, 5.74) is 0. The van der Waals surface area contributed by atoms with E-state index in [0.717, 1.165) is 17.1 Å². The fraction of sp³-hybridized carbons (Fsp3) is 1.00. The van der Waals surface area contributed by atoms with Crippen molar-refractivity contribution in [3.05, 3.63) is 0 Å². The smallest absolute Gasteiger partial charge is 0.0147 e. The Morgan fingerprint density at radius 2 is 2.21 bits per heavy atom. The summed E-state index contributed by atoms with van der Waals surface area (Å²) >= 11 is 2.12. The zero-order valence-corrected chi connectivity index (χ0v) is 10.1. The van der Waals surface area contributed by atoms with Gasteiger partial charge < -0.3 is 10.2 Å². The average molecular weight is 214 g/mol. The van der Waals surface area contributed by atoms with Crippen LogP contribution < -0.4 is 5.32 Å². The summed E-state index contributed by atoms with van der Waals surface area (Å²) in [5, 5.41) is 4.33. The molecule has 0 saturated carbocycles. The minimum absolute atomic E-state index is 0.841. The third-order valence-corrected chi connectivity index (χ3v) is 4.63. The predicted molar refractivity (Wildman–Crippen MR) is 63.9 cm³/mol. The van der Waals surface area contributed by atoms with Crippen molar-refractivity contribution in [3.63, 3.8) is 0 Å². The first-order valence-electron chi connectivity index (χ1n) is 5.80. The van der Waals surface area contributed by atoms with E-state index in [1.807, 2.05) is 0 Å². The van der Waals surface area contributed by atoms with Crippen LogP contribution in [0.5, 0.6) is 0 Å². The summed E-state index contributed by atoms with van der Waals surface area (Å²) in [4.78, 5) is 2.66. The lowest BCUT2D eigenvalue weighted by Crippen LogP contribution is -2.40. The van der Waals surface area contributed by atoms with Crippen molar-refractivity contribution < 1.29 is 0 Å². The molecule has 2 aliphatic heterocycles. The molecule has 2 heterocycles. The lowest BCUT2D eigenvalue weighted by molar-refractivity contribution is 0.227. The molecule has 3 atom stereocenters. The molecule has 0 aromatic rings. The molecule has 0 amide bonds. The van der Waals surface area contributed by atoms with Crippen LogP contribution in [0.1, 0.15) is 13.8 Å². The Balaban J connectivity index is 1.78. The van der Waals surface area contributed by atoms with Gasteiger partial charge >= 0.3 is 0 Å². The first-order chi connectivity index (χ1) is 6.75. The van der Waals surface area contributed by atoms with Gasteiger partial charge in [-0.05, 0) is 24.9 Å². The Morgan fingerprint density at radius 1 is 1.36 bits per heavy atom. The van der Waals surface area contributed by atoms with Gasteiger partial charge in [0.2, 0.25) is 0 Å². The number of hydrogen-bond acceptors (Lipinski definition) is 3. The second-order valence-electron chi connectivity index (χ2n) is 4.84. The van der Waals surface area contributed by atoms with Crippen LogP contribution in [0.2, 0.25) is 0 Å². The topological polar surface area (TPSA) is 15.3 Å². The van der Waals surface area contributed by atoms with Crippen LogP contribution in [-0.4, -0.2) is 48.6 Å². The minimum Gasteiger partial charge on any atom is -0.316 e. The molecule has 0 spiro atoms. The maximum atomic E-state index is 3.49. The molecule has 0 radical (unpaired) electrons. The van der Waals surface area contributed by atoms with Crippen LogP contribution in [0.3, 0.4) is 0 Å². The Kier molecular flexibility index (Phi) is 3.74. The Morgan fingerprint density at radius 3 is 2.86 bits per heavy atom. The largest absolute Gasteiger partial charge is 0.316 e. The monoisotopic (exact) mass is 214 g/mol. The molecule has 0 aromatic heterocycles. The molecule has 1 N–H and O–H groups in total. The number of rotatable bonds is 2. The molecule has 2 saturated heterocycles. The third-order valence-electron chi connectivity index (χ3n) is 3.50. The van der Waals surface area contributed by atoms with Crippen molar-refractivity contribution in [2.75, 3.05) is 38.5 Å². The van der Waals surface area contributed by atoms with E-state index >= 15 is 0 Å². The molecular formula is C11H22N2S. The van der Waals surface area contributed by atoms with E-state index in [0.29, 0.717) is 0 Å². The second kappa shape index (κ2) is 4.86. The molecule has 2 nitrogen and oxygen atoms in total. The van der Waals surface area contributed by atoms with Gasteiger partial charge in [-0.15, -0.1) is 0 Å². The van der Waals surface area contributed by atoms with E-state index in [2.05, 4.69) is 35.8 Å². The van der Waals surface area contributed by atoms with Crippen LogP contribution in [0, 0.1) is 11.8 Å². The minimum atomic E-state index is 0.841. The third kappa shape index (κ3) is 2.65. The van der Waals surface area contributed by atoms with Gasteiger partial charge in [0.1, 0.15) is 0 Å². The van der Waals surface area contributed by atoms with Gasteiger partial charge in [-0.2, -0.15) is 11.8 Å². The molecule has 0 bridgehead atoms. The summed E-state index contributed by atoms with van der Waals surface area (Å²) in [6.07, 6.45) is 0. The summed E-state index contributed by atoms with van der Waals surface area (Å²) in [6, 6.07) is 0. The SMILES string of the molecule is CC1CN(C[C@@H]2CNC[C@H]2C)CCS1. The first-order valence-corrected chi connectivity index (χ1v) is 6.85. The highest BCUT2D eigenvalue weighted by atomic mass is 32.2. The zero-order valence-electron chi connectivity index (χ0n) is 9.33. The Hall–Kier alpha value is 0.270. The first kappa shape index (κ1) is 10.8. The molecule has 0 aromatic carbocycles. The van der Waals surface area contributed by atoms with Crippen LogP contribution in [0.4, 0.5) is 0 Å². The van der Waals surface area contributed by atoms with Gasteiger partial charge in [-0.3, -0.25) is 0 Å². The molecule has 14 heavy (non-hydrogen) atoms. The van der Waals surface area contributed by atoms with Crippen LogP contribution in [-0.2, 0) is 0 Å². The van der Waals surface area contributed by atoms with Crippen molar-refractivity contribution in [1.29, 1.82) is 0 Å². The van der Waals surface area contributed by atoms with E-state index < -0.39 is 0 Å². The number of hydrogen-bond donors (Lipinski definition) is 1. The average Bonchev–Trinajstić information content (AvgIpc) is 2.52. The van der Waals surface area contributed by atoms with Gasteiger partial charge in [0.25, 0.3) is 0 Å². The number of nitrogens with zero attached hydrogens (tertiary/aromatic N) is 1. The van der Waals surface area contributed by atoms with Crippen molar-refractivity contribution >= 4 is 11.8 Å². The highest BCUT2D eigenvalue weighted by molar-refractivity contribution is 7.99. The summed E-state index contributed by atoms with van der Waals surface area (Å²) in [7, 11) is 0. The van der Waals surface area contributed by atoms with Gasteiger partial charge in [0.05, 0.1) is 0 Å². The standard InChI is InChI=1S/C11H22N2S/c1-9-5-12-6-11(9)8-13-3-4-14-10(2)7-13/h9-12H,3-8H2,1-2H3/t9-,10?,11+/m1/s1. The van der Waals surface area contributed by atoms with Crippen molar-refractivity contribution in [1.82, 2.24) is 10.2 Å². The maximum absolute atomic E-state index is 3.49. The van der Waals surface area contributed by atoms with E-state index in [1.165, 1.54) is 38.5 Å². The van der Waals surface area contributed by atoms with E-state index in [9.17, 15) is 0 Å². The Labute approximate surface area is 91.8 Å².